The van der Waals surface area contributed by atoms with Crippen LogP contribution in [-0.4, -0.2) is 18.9 Å². The lowest BCUT2D eigenvalue weighted by Crippen LogP contribution is -2.36. The van der Waals surface area contributed by atoms with Gasteiger partial charge in [-0.2, -0.15) is 0 Å². The van der Waals surface area contributed by atoms with E-state index < -0.39 is 6.04 Å². The topological polar surface area (TPSA) is 52.3 Å². The molecule has 1 aromatic carbocycles. The SMILES string of the molecule is CCC(C)C(N)C(=O)c1ccc(C)c(C)c1OC. The number of benzene rings is 1. The molecular weight excluding hydrogens is 226 g/mol. The van der Waals surface area contributed by atoms with Gasteiger partial charge in [0, 0.05) is 0 Å². The quantitative estimate of drug-likeness (QED) is 0.816. The summed E-state index contributed by atoms with van der Waals surface area (Å²) in [5, 5.41) is 0. The van der Waals surface area contributed by atoms with Crippen LogP contribution in [0, 0.1) is 19.8 Å². The molecule has 0 saturated heterocycles. The van der Waals surface area contributed by atoms with Gasteiger partial charge in [-0.15, -0.1) is 0 Å². The van der Waals surface area contributed by atoms with Crippen LogP contribution in [0.4, 0.5) is 0 Å². The largest absolute Gasteiger partial charge is 0.496 e. The van der Waals surface area contributed by atoms with Crippen molar-refractivity contribution >= 4 is 5.78 Å². The number of nitrogens with two attached hydrogens (primary N) is 1. The average Bonchev–Trinajstić information content (AvgIpc) is 2.39. The van der Waals surface area contributed by atoms with Crippen LogP contribution in [0.5, 0.6) is 5.75 Å². The second-order valence-corrected chi connectivity index (χ2v) is 4.86. The number of hydrogen-bond acceptors (Lipinski definition) is 3. The van der Waals surface area contributed by atoms with Crippen LogP contribution in [-0.2, 0) is 0 Å². The number of hydrogen-bond donors (Lipinski definition) is 1. The lowest BCUT2D eigenvalue weighted by molar-refractivity contribution is 0.0931. The van der Waals surface area contributed by atoms with Gasteiger partial charge < -0.3 is 10.5 Å². The van der Waals surface area contributed by atoms with Crippen LogP contribution < -0.4 is 10.5 Å². The zero-order valence-corrected chi connectivity index (χ0v) is 11.9. The van der Waals surface area contributed by atoms with Gasteiger partial charge in [-0.1, -0.05) is 26.3 Å². The number of carbonyl (C=O) groups excluding carboxylic acids is 1. The normalized spacial score (nSPS) is 14.1. The molecule has 1 rings (SSSR count). The molecule has 0 heterocycles. The van der Waals surface area contributed by atoms with E-state index in [2.05, 4.69) is 0 Å². The molecule has 2 unspecified atom stereocenters. The molecule has 0 fully saturated rings. The first-order chi connectivity index (χ1) is 8.43. The average molecular weight is 249 g/mol. The molecule has 0 saturated carbocycles. The fourth-order valence-corrected chi connectivity index (χ4v) is 1.94. The van der Waals surface area contributed by atoms with Crippen LogP contribution in [0.2, 0.25) is 0 Å². The fraction of sp³-hybridized carbons (Fsp3) is 0.533. The van der Waals surface area contributed by atoms with Gasteiger partial charge in [0.25, 0.3) is 0 Å². The summed E-state index contributed by atoms with van der Waals surface area (Å²) in [6, 6.07) is 3.28. The molecule has 0 spiro atoms. The summed E-state index contributed by atoms with van der Waals surface area (Å²) in [7, 11) is 1.59. The van der Waals surface area contributed by atoms with Crippen molar-refractivity contribution in [2.75, 3.05) is 7.11 Å². The number of carbonyl (C=O) groups is 1. The molecule has 0 radical (unpaired) electrons. The van der Waals surface area contributed by atoms with Crippen LogP contribution in [0.15, 0.2) is 12.1 Å². The predicted octanol–water partition coefficient (Wildman–Crippen LogP) is 2.87. The van der Waals surface area contributed by atoms with Gasteiger partial charge in [0.15, 0.2) is 5.78 Å². The Labute approximate surface area is 109 Å². The Morgan fingerprint density at radius 3 is 2.50 bits per heavy atom. The van der Waals surface area contributed by atoms with E-state index in [0.717, 1.165) is 17.5 Å². The van der Waals surface area contributed by atoms with Crippen LogP contribution in [0.25, 0.3) is 0 Å². The first-order valence-electron chi connectivity index (χ1n) is 6.38. The molecule has 2 atom stereocenters. The molecule has 1 aromatic rings. The van der Waals surface area contributed by atoms with Gasteiger partial charge >= 0.3 is 0 Å². The summed E-state index contributed by atoms with van der Waals surface area (Å²) in [5.41, 5.74) is 8.71. The van der Waals surface area contributed by atoms with E-state index in [9.17, 15) is 4.79 Å². The smallest absolute Gasteiger partial charge is 0.183 e. The fourth-order valence-electron chi connectivity index (χ4n) is 1.94. The molecule has 0 aromatic heterocycles. The summed E-state index contributed by atoms with van der Waals surface area (Å²) in [5.74, 6) is 0.784. The van der Waals surface area contributed by atoms with Crippen LogP contribution in [0.1, 0.15) is 41.8 Å². The van der Waals surface area contributed by atoms with Gasteiger partial charge in [-0.05, 0) is 37.0 Å². The first-order valence-corrected chi connectivity index (χ1v) is 6.38. The van der Waals surface area contributed by atoms with Gasteiger partial charge in [-0.3, -0.25) is 4.79 Å². The molecule has 100 valence electrons. The Balaban J connectivity index is 3.17. The van der Waals surface area contributed by atoms with Crippen molar-refractivity contribution in [1.82, 2.24) is 0 Å². The van der Waals surface area contributed by atoms with Crippen LogP contribution in [0.3, 0.4) is 0 Å². The van der Waals surface area contributed by atoms with E-state index in [4.69, 9.17) is 10.5 Å². The van der Waals surface area contributed by atoms with Gasteiger partial charge in [0.2, 0.25) is 0 Å². The van der Waals surface area contributed by atoms with Gasteiger partial charge in [0.05, 0.1) is 18.7 Å². The van der Waals surface area contributed by atoms with E-state index in [-0.39, 0.29) is 11.7 Å². The predicted molar refractivity (Wildman–Crippen MR) is 74.2 cm³/mol. The zero-order valence-electron chi connectivity index (χ0n) is 11.9. The van der Waals surface area contributed by atoms with Crippen molar-refractivity contribution in [3.63, 3.8) is 0 Å². The van der Waals surface area contributed by atoms with Crippen molar-refractivity contribution in [2.45, 2.75) is 40.2 Å². The van der Waals surface area contributed by atoms with Crippen molar-refractivity contribution < 1.29 is 9.53 Å². The maximum absolute atomic E-state index is 12.4. The highest BCUT2D eigenvalue weighted by molar-refractivity contribution is 6.02. The monoisotopic (exact) mass is 249 g/mol. The number of ketones is 1. The number of rotatable bonds is 5. The third kappa shape index (κ3) is 2.72. The van der Waals surface area contributed by atoms with Crippen molar-refractivity contribution in [1.29, 1.82) is 0 Å². The molecule has 3 nitrogen and oxygen atoms in total. The highest BCUT2D eigenvalue weighted by atomic mass is 16.5. The second kappa shape index (κ2) is 6.01. The minimum atomic E-state index is -0.467. The van der Waals surface area contributed by atoms with E-state index in [0.29, 0.717) is 11.3 Å². The highest BCUT2D eigenvalue weighted by Gasteiger charge is 2.24. The third-order valence-corrected chi connectivity index (χ3v) is 3.71. The molecule has 18 heavy (non-hydrogen) atoms. The zero-order chi connectivity index (χ0) is 13.9. The molecule has 0 aliphatic heterocycles. The van der Waals surface area contributed by atoms with Crippen LogP contribution >= 0.6 is 0 Å². The number of aryl methyl sites for hydroxylation is 1. The molecule has 0 aliphatic rings. The Bertz CT molecular complexity index is 440. The minimum absolute atomic E-state index is 0.0377. The first kappa shape index (κ1) is 14.7. The lowest BCUT2D eigenvalue weighted by Gasteiger charge is -2.19. The van der Waals surface area contributed by atoms with E-state index in [1.54, 1.807) is 7.11 Å². The van der Waals surface area contributed by atoms with E-state index >= 15 is 0 Å². The summed E-state index contributed by atoms with van der Waals surface area (Å²) in [6.07, 6.45) is 0.889. The maximum Gasteiger partial charge on any atom is 0.183 e. The highest BCUT2D eigenvalue weighted by Crippen LogP contribution is 2.28. The molecule has 0 aliphatic carbocycles. The van der Waals surface area contributed by atoms with Gasteiger partial charge in [0.1, 0.15) is 5.75 Å². The standard InChI is InChI=1S/C15H23NO2/c1-6-9(2)13(16)14(17)12-8-7-10(3)11(4)15(12)18-5/h7-9,13H,6,16H2,1-5H3. The second-order valence-electron chi connectivity index (χ2n) is 4.86. The summed E-state index contributed by atoms with van der Waals surface area (Å²) < 4.78 is 5.37. The lowest BCUT2D eigenvalue weighted by atomic mass is 9.90. The van der Waals surface area contributed by atoms with Gasteiger partial charge in [-0.25, -0.2) is 0 Å². The van der Waals surface area contributed by atoms with Crippen molar-refractivity contribution in [3.8, 4) is 5.75 Å². The maximum atomic E-state index is 12.4. The Kier molecular flexibility index (Phi) is 4.91. The number of methoxy groups -OCH3 is 1. The Hall–Kier alpha value is -1.35. The molecular formula is C15H23NO2. The Morgan fingerprint density at radius 2 is 2.00 bits per heavy atom. The van der Waals surface area contributed by atoms with E-state index in [1.807, 2.05) is 39.8 Å². The summed E-state index contributed by atoms with van der Waals surface area (Å²) in [6.45, 7) is 7.99. The summed E-state index contributed by atoms with van der Waals surface area (Å²) in [4.78, 5) is 12.4. The Morgan fingerprint density at radius 1 is 1.39 bits per heavy atom. The van der Waals surface area contributed by atoms with Crippen molar-refractivity contribution in [2.24, 2.45) is 11.7 Å². The van der Waals surface area contributed by atoms with Crippen molar-refractivity contribution in [3.05, 3.63) is 28.8 Å². The molecule has 0 bridgehead atoms. The molecule has 0 amide bonds. The molecule has 2 N–H and O–H groups in total. The number of ether oxygens (including phenoxy) is 1. The third-order valence-electron chi connectivity index (χ3n) is 3.71. The molecule has 3 heteroatoms. The van der Waals surface area contributed by atoms with E-state index in [1.165, 1.54) is 0 Å². The minimum Gasteiger partial charge on any atom is -0.496 e. The number of Topliss-reactive ketones (excluding diaryl/α,β-unsaturated/α-hetero) is 1. The summed E-state index contributed by atoms with van der Waals surface area (Å²) >= 11 is 0.